The fourth-order valence-electron chi connectivity index (χ4n) is 10.6. The van der Waals surface area contributed by atoms with Gasteiger partial charge in [0.25, 0.3) is 0 Å². The second-order valence-corrected chi connectivity index (χ2v) is 17.4. The molecule has 0 fully saturated rings. The minimum atomic E-state index is 1.13. The predicted octanol–water partition coefficient (Wildman–Crippen LogP) is 15.3. The standard InChI is InChI=1S/C58H42N4/c1-35-18-22-51-43(26-35)47-33-57-49(31-55(47)59(51)39-12-7-5-8-13-39)45-28-37(3)20-24-53(45)61(57)41-16-11-17-42(30-41)62-54-25-21-38(4)29-46(54)50-32-56-48(34-58(50)62)44-27-36(2)19-23-52(44)60(56)40-14-9-6-10-15-40/h5-34H,1-4H3. The molecule has 0 aliphatic rings. The summed E-state index contributed by atoms with van der Waals surface area (Å²) in [6, 6.07) is 68.0. The quantitative estimate of drug-likeness (QED) is 0.169. The molecular weight excluding hydrogens is 753 g/mol. The number of benzene rings is 9. The maximum atomic E-state index is 2.49. The molecule has 13 aromatic rings. The lowest BCUT2D eigenvalue weighted by Gasteiger charge is -2.13. The molecule has 0 saturated heterocycles. The molecule has 0 radical (unpaired) electrons. The summed E-state index contributed by atoms with van der Waals surface area (Å²) >= 11 is 0. The molecule has 4 nitrogen and oxygen atoms in total. The number of aryl methyl sites for hydroxylation is 4. The smallest absolute Gasteiger partial charge is 0.0548 e. The van der Waals surface area contributed by atoms with Crippen molar-refractivity contribution >= 4 is 87.2 Å². The topological polar surface area (TPSA) is 19.7 Å². The van der Waals surface area contributed by atoms with Crippen LogP contribution < -0.4 is 0 Å². The molecule has 0 amide bonds. The fourth-order valence-corrected chi connectivity index (χ4v) is 10.6. The number of hydrogen-bond donors (Lipinski definition) is 0. The van der Waals surface area contributed by atoms with Crippen LogP contribution in [0.25, 0.3) is 110 Å². The second kappa shape index (κ2) is 12.8. The Morgan fingerprint density at radius 2 is 0.468 bits per heavy atom. The van der Waals surface area contributed by atoms with Crippen molar-refractivity contribution in [3.8, 4) is 22.7 Å². The Morgan fingerprint density at radius 1 is 0.210 bits per heavy atom. The zero-order chi connectivity index (χ0) is 41.4. The highest BCUT2D eigenvalue weighted by atomic mass is 15.0. The summed E-state index contributed by atoms with van der Waals surface area (Å²) in [6.07, 6.45) is 0. The molecule has 0 atom stereocenters. The summed E-state index contributed by atoms with van der Waals surface area (Å²) in [7, 11) is 0. The minimum absolute atomic E-state index is 1.13. The molecule has 0 unspecified atom stereocenters. The van der Waals surface area contributed by atoms with E-state index in [1.54, 1.807) is 0 Å². The molecular formula is C58H42N4. The van der Waals surface area contributed by atoms with Crippen LogP contribution in [0.4, 0.5) is 0 Å². The van der Waals surface area contributed by atoms with Gasteiger partial charge in [0.15, 0.2) is 0 Å². The molecule has 0 saturated carbocycles. The van der Waals surface area contributed by atoms with E-state index in [2.05, 4.69) is 228 Å². The molecule has 62 heavy (non-hydrogen) atoms. The van der Waals surface area contributed by atoms with Crippen molar-refractivity contribution in [2.45, 2.75) is 27.7 Å². The van der Waals surface area contributed by atoms with E-state index in [0.29, 0.717) is 0 Å². The summed E-state index contributed by atoms with van der Waals surface area (Å²) in [5.41, 5.74) is 19.3. The summed E-state index contributed by atoms with van der Waals surface area (Å²) in [4.78, 5) is 0. The second-order valence-electron chi connectivity index (χ2n) is 17.4. The third-order valence-electron chi connectivity index (χ3n) is 13.3. The van der Waals surface area contributed by atoms with E-state index in [1.807, 2.05) is 0 Å². The van der Waals surface area contributed by atoms with Crippen LogP contribution in [0, 0.1) is 27.7 Å². The molecule has 0 aliphatic carbocycles. The van der Waals surface area contributed by atoms with Crippen LogP contribution in [0.2, 0.25) is 0 Å². The van der Waals surface area contributed by atoms with Crippen molar-refractivity contribution in [2.75, 3.05) is 0 Å². The lowest BCUT2D eigenvalue weighted by atomic mass is 10.1. The minimum Gasteiger partial charge on any atom is -0.309 e. The lowest BCUT2D eigenvalue weighted by molar-refractivity contribution is 1.13. The molecule has 4 heterocycles. The first kappa shape index (κ1) is 35.0. The van der Waals surface area contributed by atoms with Crippen LogP contribution in [0.15, 0.2) is 182 Å². The van der Waals surface area contributed by atoms with Crippen molar-refractivity contribution in [2.24, 2.45) is 0 Å². The third-order valence-corrected chi connectivity index (χ3v) is 13.3. The van der Waals surface area contributed by atoms with E-state index in [9.17, 15) is 0 Å². The van der Waals surface area contributed by atoms with Gasteiger partial charge in [-0.15, -0.1) is 0 Å². The Balaban J connectivity index is 1.10. The fraction of sp³-hybridized carbons (Fsp3) is 0.0690. The van der Waals surface area contributed by atoms with Gasteiger partial charge in [0.1, 0.15) is 0 Å². The Hall–Kier alpha value is -7.82. The number of aromatic nitrogens is 4. The molecule has 0 spiro atoms. The number of fused-ring (bicyclic) bond motifs is 12. The number of hydrogen-bond acceptors (Lipinski definition) is 0. The number of rotatable bonds is 4. The molecule has 13 rings (SSSR count). The average Bonchev–Trinajstić information content (AvgIpc) is 3.99. The van der Waals surface area contributed by atoms with E-state index in [1.165, 1.54) is 121 Å². The third kappa shape index (κ3) is 4.95. The summed E-state index contributed by atoms with van der Waals surface area (Å²) < 4.78 is 9.84. The van der Waals surface area contributed by atoms with Crippen LogP contribution in [0.1, 0.15) is 22.3 Å². The molecule has 0 bridgehead atoms. The highest BCUT2D eigenvalue weighted by Gasteiger charge is 2.22. The van der Waals surface area contributed by atoms with Gasteiger partial charge in [-0.2, -0.15) is 0 Å². The summed E-state index contributed by atoms with van der Waals surface area (Å²) in [6.45, 7) is 8.78. The maximum Gasteiger partial charge on any atom is 0.0548 e. The monoisotopic (exact) mass is 794 g/mol. The van der Waals surface area contributed by atoms with Gasteiger partial charge in [0.2, 0.25) is 0 Å². The highest BCUT2D eigenvalue weighted by molar-refractivity contribution is 6.21. The number of para-hydroxylation sites is 2. The van der Waals surface area contributed by atoms with Gasteiger partial charge < -0.3 is 18.3 Å². The Morgan fingerprint density at radius 3 is 0.774 bits per heavy atom. The molecule has 4 aromatic heterocycles. The van der Waals surface area contributed by atoms with Gasteiger partial charge in [0, 0.05) is 65.8 Å². The van der Waals surface area contributed by atoms with Crippen molar-refractivity contribution in [3.05, 3.63) is 204 Å². The SMILES string of the molecule is Cc1ccc2c(c1)c1cc3c(cc1n2-c1ccccc1)c1cc(C)ccc1n3-c1cccc(-n2c3ccc(C)cc3c3cc4c(cc32)c2cc(C)ccc2n4-c2ccccc2)c1. The van der Waals surface area contributed by atoms with Crippen LogP contribution in [0.5, 0.6) is 0 Å². The van der Waals surface area contributed by atoms with E-state index >= 15 is 0 Å². The average molecular weight is 795 g/mol. The maximum absolute atomic E-state index is 2.49. The first-order valence-corrected chi connectivity index (χ1v) is 21.6. The van der Waals surface area contributed by atoms with Crippen molar-refractivity contribution < 1.29 is 0 Å². The molecule has 0 aliphatic heterocycles. The van der Waals surface area contributed by atoms with Crippen LogP contribution in [-0.2, 0) is 0 Å². The zero-order valence-electron chi connectivity index (χ0n) is 35.1. The zero-order valence-corrected chi connectivity index (χ0v) is 35.1. The van der Waals surface area contributed by atoms with Gasteiger partial charge in [0.05, 0.1) is 44.1 Å². The molecule has 0 N–H and O–H groups in total. The largest absolute Gasteiger partial charge is 0.309 e. The predicted molar refractivity (Wildman–Crippen MR) is 263 cm³/mol. The Labute approximate surface area is 358 Å². The Kier molecular flexibility index (Phi) is 7.25. The van der Waals surface area contributed by atoms with E-state index in [0.717, 1.165) is 11.4 Å². The highest BCUT2D eigenvalue weighted by Crippen LogP contribution is 2.43. The van der Waals surface area contributed by atoms with Gasteiger partial charge >= 0.3 is 0 Å². The van der Waals surface area contributed by atoms with Crippen molar-refractivity contribution in [1.29, 1.82) is 0 Å². The summed E-state index contributed by atoms with van der Waals surface area (Å²) in [5, 5.41) is 10.1. The van der Waals surface area contributed by atoms with Crippen molar-refractivity contribution in [1.82, 2.24) is 18.3 Å². The normalized spacial score (nSPS) is 12.2. The van der Waals surface area contributed by atoms with Crippen LogP contribution in [0.3, 0.4) is 0 Å². The van der Waals surface area contributed by atoms with Gasteiger partial charge in [-0.25, -0.2) is 0 Å². The van der Waals surface area contributed by atoms with Gasteiger partial charge in [-0.05, 0) is 143 Å². The Bertz CT molecular complexity index is 3740. The van der Waals surface area contributed by atoms with Gasteiger partial charge in [-0.3, -0.25) is 0 Å². The number of nitrogens with zero attached hydrogens (tertiary/aromatic N) is 4. The first-order valence-electron chi connectivity index (χ1n) is 21.6. The summed E-state index contributed by atoms with van der Waals surface area (Å²) in [5.74, 6) is 0. The molecule has 294 valence electrons. The van der Waals surface area contributed by atoms with Gasteiger partial charge in [-0.1, -0.05) is 89.0 Å². The lowest BCUT2D eigenvalue weighted by Crippen LogP contribution is -1.99. The molecule has 9 aromatic carbocycles. The van der Waals surface area contributed by atoms with Crippen LogP contribution >= 0.6 is 0 Å². The van der Waals surface area contributed by atoms with E-state index in [4.69, 9.17) is 0 Å². The van der Waals surface area contributed by atoms with Crippen LogP contribution in [-0.4, -0.2) is 18.3 Å². The molecule has 4 heteroatoms. The van der Waals surface area contributed by atoms with E-state index < -0.39 is 0 Å². The van der Waals surface area contributed by atoms with E-state index in [-0.39, 0.29) is 0 Å². The van der Waals surface area contributed by atoms with Crippen molar-refractivity contribution in [3.63, 3.8) is 0 Å². The first-order chi connectivity index (χ1) is 30.4.